The Balaban J connectivity index is 1.89. The zero-order valence-electron chi connectivity index (χ0n) is 12.4. The fourth-order valence-corrected chi connectivity index (χ4v) is 2.82. The molecule has 6 heteroatoms. The van der Waals surface area contributed by atoms with Crippen LogP contribution in [0.2, 0.25) is 0 Å². The van der Waals surface area contributed by atoms with Gasteiger partial charge in [-0.3, -0.25) is 4.79 Å². The van der Waals surface area contributed by atoms with Crippen LogP contribution in [0.25, 0.3) is 0 Å². The van der Waals surface area contributed by atoms with Crippen LogP contribution in [0, 0.1) is 5.92 Å². The van der Waals surface area contributed by atoms with Crippen LogP contribution in [0.3, 0.4) is 0 Å². The monoisotopic (exact) mass is 283 g/mol. The van der Waals surface area contributed by atoms with Crippen LogP contribution < -0.4 is 11.1 Å². The molecule has 2 unspecified atom stereocenters. The van der Waals surface area contributed by atoms with Gasteiger partial charge in [-0.1, -0.05) is 0 Å². The first-order chi connectivity index (χ1) is 9.45. The number of hydrogen-bond acceptors (Lipinski definition) is 4. The van der Waals surface area contributed by atoms with E-state index in [-0.39, 0.29) is 11.9 Å². The second kappa shape index (κ2) is 5.99. The smallest absolute Gasteiger partial charge is 0.407 e. The second-order valence-corrected chi connectivity index (χ2v) is 6.01. The van der Waals surface area contributed by atoms with Gasteiger partial charge in [-0.25, -0.2) is 4.79 Å². The average Bonchev–Trinajstić information content (AvgIpc) is 3.23. The summed E-state index contributed by atoms with van der Waals surface area (Å²) < 4.78 is 4.88. The standard InChI is InChI=1S/C14H25N3O3/c1-3-20-13(19)16-11-5-4-8-17(9-11)12(18)14(2,15)10-6-7-10/h10-11H,3-9,15H2,1-2H3,(H,16,19). The third kappa shape index (κ3) is 3.42. The maximum atomic E-state index is 12.5. The summed E-state index contributed by atoms with van der Waals surface area (Å²) in [6, 6.07) is -0.0400. The molecule has 1 saturated carbocycles. The lowest BCUT2D eigenvalue weighted by atomic mass is 9.93. The lowest BCUT2D eigenvalue weighted by molar-refractivity contribution is -0.138. The Kier molecular flexibility index (Phi) is 4.52. The van der Waals surface area contributed by atoms with Crippen molar-refractivity contribution in [1.29, 1.82) is 0 Å². The van der Waals surface area contributed by atoms with Gasteiger partial charge >= 0.3 is 6.09 Å². The number of ether oxygens (including phenoxy) is 1. The number of nitrogens with one attached hydrogen (secondary N) is 1. The van der Waals surface area contributed by atoms with Crippen LogP contribution in [-0.4, -0.2) is 48.2 Å². The van der Waals surface area contributed by atoms with Crippen molar-refractivity contribution in [2.24, 2.45) is 11.7 Å². The molecule has 20 heavy (non-hydrogen) atoms. The fraction of sp³-hybridized carbons (Fsp3) is 0.857. The molecular weight excluding hydrogens is 258 g/mol. The van der Waals surface area contributed by atoms with Gasteiger partial charge in [0.05, 0.1) is 12.1 Å². The summed E-state index contributed by atoms with van der Waals surface area (Å²) in [5, 5.41) is 2.81. The highest BCUT2D eigenvalue weighted by molar-refractivity contribution is 5.86. The Bertz CT molecular complexity index is 380. The second-order valence-electron chi connectivity index (χ2n) is 6.01. The Morgan fingerprint density at radius 3 is 2.70 bits per heavy atom. The van der Waals surface area contributed by atoms with Gasteiger partial charge in [0.2, 0.25) is 5.91 Å². The summed E-state index contributed by atoms with van der Waals surface area (Å²) in [5.74, 6) is 0.323. The van der Waals surface area contributed by atoms with Crippen LogP contribution in [0.1, 0.15) is 39.5 Å². The molecule has 2 fully saturated rings. The number of carbonyl (C=O) groups excluding carboxylic acids is 2. The van der Waals surface area contributed by atoms with Crippen molar-refractivity contribution in [3.63, 3.8) is 0 Å². The molecule has 1 aliphatic carbocycles. The Morgan fingerprint density at radius 2 is 2.10 bits per heavy atom. The normalized spacial score (nSPS) is 25.8. The van der Waals surface area contributed by atoms with Crippen molar-refractivity contribution in [2.75, 3.05) is 19.7 Å². The number of carbonyl (C=O) groups is 2. The fourth-order valence-electron chi connectivity index (χ4n) is 2.82. The number of alkyl carbamates (subject to hydrolysis) is 1. The molecule has 114 valence electrons. The largest absolute Gasteiger partial charge is 0.450 e. The molecule has 2 rings (SSSR count). The predicted molar refractivity (Wildman–Crippen MR) is 75.1 cm³/mol. The molecule has 0 aromatic carbocycles. The van der Waals surface area contributed by atoms with E-state index in [1.54, 1.807) is 11.8 Å². The van der Waals surface area contributed by atoms with E-state index in [1.165, 1.54) is 0 Å². The maximum Gasteiger partial charge on any atom is 0.407 e. The summed E-state index contributed by atoms with van der Waals surface area (Å²) in [4.78, 5) is 25.7. The van der Waals surface area contributed by atoms with E-state index in [0.29, 0.717) is 19.1 Å². The molecule has 1 heterocycles. The molecule has 2 amide bonds. The molecule has 3 N–H and O–H groups in total. The zero-order valence-corrected chi connectivity index (χ0v) is 12.4. The molecular formula is C14H25N3O3. The molecule has 1 aliphatic heterocycles. The van der Waals surface area contributed by atoms with Crippen molar-refractivity contribution in [3.05, 3.63) is 0 Å². The first-order valence-electron chi connectivity index (χ1n) is 7.46. The molecule has 0 aromatic heterocycles. The summed E-state index contributed by atoms with van der Waals surface area (Å²) in [6.45, 7) is 5.20. The van der Waals surface area contributed by atoms with Crippen LogP contribution >= 0.6 is 0 Å². The molecule has 6 nitrogen and oxygen atoms in total. The highest BCUT2D eigenvalue weighted by Crippen LogP contribution is 2.39. The molecule has 0 aromatic rings. The van der Waals surface area contributed by atoms with Crippen molar-refractivity contribution in [2.45, 2.75) is 51.1 Å². The van der Waals surface area contributed by atoms with Crippen LogP contribution in [0.5, 0.6) is 0 Å². The Hall–Kier alpha value is -1.30. The number of nitrogens with zero attached hydrogens (tertiary/aromatic N) is 1. The van der Waals surface area contributed by atoms with Gasteiger partial charge in [-0.2, -0.15) is 0 Å². The SMILES string of the molecule is CCOC(=O)NC1CCCN(C(=O)C(C)(N)C2CC2)C1. The van der Waals surface area contributed by atoms with Gasteiger partial charge in [-0.15, -0.1) is 0 Å². The molecule has 0 radical (unpaired) electrons. The van der Waals surface area contributed by atoms with E-state index >= 15 is 0 Å². The van der Waals surface area contributed by atoms with Gasteiger partial charge in [0.25, 0.3) is 0 Å². The third-order valence-corrected chi connectivity index (χ3v) is 4.19. The van der Waals surface area contributed by atoms with E-state index in [2.05, 4.69) is 5.32 Å². The minimum absolute atomic E-state index is 0.00959. The summed E-state index contributed by atoms with van der Waals surface area (Å²) in [5.41, 5.74) is 5.43. The van der Waals surface area contributed by atoms with Crippen molar-refractivity contribution in [1.82, 2.24) is 10.2 Å². The first kappa shape index (κ1) is 15.1. The van der Waals surface area contributed by atoms with Crippen molar-refractivity contribution in [3.8, 4) is 0 Å². The number of hydrogen-bond donors (Lipinski definition) is 2. The number of rotatable bonds is 4. The molecule has 0 bridgehead atoms. The van der Waals surface area contributed by atoms with Crippen LogP contribution in [0.4, 0.5) is 4.79 Å². The number of likely N-dealkylation sites (tertiary alicyclic amines) is 1. The van der Waals surface area contributed by atoms with E-state index in [4.69, 9.17) is 10.5 Å². The van der Waals surface area contributed by atoms with Crippen LogP contribution in [-0.2, 0) is 9.53 Å². The summed E-state index contributed by atoms with van der Waals surface area (Å²) in [7, 11) is 0. The van der Waals surface area contributed by atoms with Crippen molar-refractivity contribution < 1.29 is 14.3 Å². The van der Waals surface area contributed by atoms with Gasteiger partial charge in [-0.05, 0) is 45.4 Å². The predicted octanol–water partition coefficient (Wildman–Crippen LogP) is 0.851. The summed E-state index contributed by atoms with van der Waals surface area (Å²) >= 11 is 0. The van der Waals surface area contributed by atoms with Gasteiger partial charge in [0.1, 0.15) is 0 Å². The number of nitrogens with two attached hydrogens (primary N) is 1. The maximum absolute atomic E-state index is 12.5. The van der Waals surface area contributed by atoms with E-state index in [1.807, 2.05) is 6.92 Å². The highest BCUT2D eigenvalue weighted by atomic mass is 16.5. The topological polar surface area (TPSA) is 84.7 Å². The highest BCUT2D eigenvalue weighted by Gasteiger charge is 2.46. The third-order valence-electron chi connectivity index (χ3n) is 4.19. The molecule has 2 aliphatic rings. The Labute approximate surface area is 120 Å². The van der Waals surface area contributed by atoms with E-state index in [9.17, 15) is 9.59 Å². The molecule has 0 spiro atoms. The lowest BCUT2D eigenvalue weighted by Crippen LogP contribution is -2.59. The van der Waals surface area contributed by atoms with E-state index in [0.717, 1.165) is 32.2 Å². The van der Waals surface area contributed by atoms with Crippen LogP contribution in [0.15, 0.2) is 0 Å². The van der Waals surface area contributed by atoms with E-state index < -0.39 is 11.6 Å². The molecule has 2 atom stereocenters. The number of amides is 2. The lowest BCUT2D eigenvalue weighted by Gasteiger charge is -2.37. The van der Waals surface area contributed by atoms with Gasteiger partial charge < -0.3 is 20.7 Å². The number of piperidine rings is 1. The zero-order chi connectivity index (χ0) is 14.8. The average molecular weight is 283 g/mol. The molecule has 1 saturated heterocycles. The minimum Gasteiger partial charge on any atom is -0.450 e. The minimum atomic E-state index is -0.758. The summed E-state index contributed by atoms with van der Waals surface area (Å²) in [6.07, 6.45) is 3.41. The quantitative estimate of drug-likeness (QED) is 0.801. The van der Waals surface area contributed by atoms with Gasteiger partial charge in [0, 0.05) is 19.1 Å². The first-order valence-corrected chi connectivity index (χ1v) is 7.46. The van der Waals surface area contributed by atoms with Gasteiger partial charge in [0.15, 0.2) is 0 Å². The van der Waals surface area contributed by atoms with Crippen molar-refractivity contribution >= 4 is 12.0 Å². The Morgan fingerprint density at radius 1 is 1.40 bits per heavy atom.